The second kappa shape index (κ2) is 9.30. The third-order valence-electron chi connectivity index (χ3n) is 4.12. The van der Waals surface area contributed by atoms with Crippen molar-refractivity contribution in [2.45, 2.75) is 6.92 Å². The second-order valence-corrected chi connectivity index (χ2v) is 6.52. The van der Waals surface area contributed by atoms with Crippen molar-refractivity contribution in [2.24, 2.45) is 0 Å². The molecular weight excluding hydrogens is 376 g/mol. The lowest BCUT2D eigenvalue weighted by Gasteiger charge is -2.12. The van der Waals surface area contributed by atoms with Crippen LogP contribution in [0.1, 0.15) is 16.1 Å². The zero-order valence-electron chi connectivity index (χ0n) is 15.7. The fourth-order valence-corrected chi connectivity index (χ4v) is 2.76. The first-order valence-electron chi connectivity index (χ1n) is 8.82. The molecule has 0 radical (unpaired) electrons. The molecule has 0 atom stereocenters. The molecule has 0 spiro atoms. The highest BCUT2D eigenvalue weighted by Gasteiger charge is 2.15. The molecule has 0 saturated heterocycles. The molecule has 0 fully saturated rings. The van der Waals surface area contributed by atoms with Crippen molar-refractivity contribution in [3.63, 3.8) is 0 Å². The van der Waals surface area contributed by atoms with E-state index < -0.39 is 0 Å². The van der Waals surface area contributed by atoms with Crippen LogP contribution < -0.4 is 10.6 Å². The molecule has 0 bridgehead atoms. The number of nitrogens with one attached hydrogen (secondary N) is 2. The Balaban J connectivity index is 1.92. The smallest absolute Gasteiger partial charge is 0.274 e. The van der Waals surface area contributed by atoms with Crippen LogP contribution in [0.5, 0.6) is 0 Å². The van der Waals surface area contributed by atoms with Gasteiger partial charge in [-0.3, -0.25) is 4.79 Å². The summed E-state index contributed by atoms with van der Waals surface area (Å²) in [5.41, 5.74) is 2.53. The van der Waals surface area contributed by atoms with Gasteiger partial charge in [0.1, 0.15) is 11.5 Å². The predicted molar refractivity (Wildman–Crippen MR) is 112 cm³/mol. The molecular formula is C21H21ClN4O2. The molecule has 144 valence electrons. The number of rotatable bonds is 7. The highest BCUT2D eigenvalue weighted by atomic mass is 35.5. The zero-order valence-corrected chi connectivity index (χ0v) is 16.5. The van der Waals surface area contributed by atoms with Crippen molar-refractivity contribution >= 4 is 29.0 Å². The molecule has 3 rings (SSSR count). The Bertz CT molecular complexity index is 964. The Labute approximate surface area is 168 Å². The molecule has 3 aromatic rings. The highest BCUT2D eigenvalue weighted by molar-refractivity contribution is 6.31. The minimum Gasteiger partial charge on any atom is -0.383 e. The Morgan fingerprint density at radius 3 is 2.64 bits per heavy atom. The third kappa shape index (κ3) is 4.85. The van der Waals surface area contributed by atoms with Gasteiger partial charge >= 0.3 is 0 Å². The fraction of sp³-hybridized carbons (Fsp3) is 0.190. The number of nitrogens with zero attached hydrogens (tertiary/aromatic N) is 2. The van der Waals surface area contributed by atoms with E-state index in [1.165, 1.54) is 0 Å². The average Bonchev–Trinajstić information content (AvgIpc) is 2.72. The van der Waals surface area contributed by atoms with Crippen molar-refractivity contribution in [3.8, 4) is 11.4 Å². The second-order valence-electron chi connectivity index (χ2n) is 6.11. The number of carbonyl (C=O) groups is 1. The van der Waals surface area contributed by atoms with Crippen molar-refractivity contribution < 1.29 is 9.53 Å². The molecule has 0 saturated carbocycles. The minimum absolute atomic E-state index is 0.258. The van der Waals surface area contributed by atoms with Crippen LogP contribution in [0, 0.1) is 6.92 Å². The summed E-state index contributed by atoms with van der Waals surface area (Å²) < 4.78 is 5.06. The largest absolute Gasteiger partial charge is 0.383 e. The molecule has 0 aliphatic heterocycles. The van der Waals surface area contributed by atoms with Crippen molar-refractivity contribution in [3.05, 3.63) is 70.9 Å². The Morgan fingerprint density at radius 2 is 1.89 bits per heavy atom. The first kappa shape index (κ1) is 19.8. The number of benzene rings is 2. The van der Waals surface area contributed by atoms with Gasteiger partial charge in [-0.25, -0.2) is 9.97 Å². The van der Waals surface area contributed by atoms with Crippen LogP contribution in [0.15, 0.2) is 54.6 Å². The molecule has 0 unspecified atom stereocenters. The molecule has 0 aliphatic rings. The summed E-state index contributed by atoms with van der Waals surface area (Å²) in [4.78, 5) is 21.8. The normalized spacial score (nSPS) is 10.5. The van der Waals surface area contributed by atoms with E-state index in [-0.39, 0.29) is 11.6 Å². The van der Waals surface area contributed by atoms with Gasteiger partial charge in [0.15, 0.2) is 5.82 Å². The molecule has 2 aromatic carbocycles. The SMILES string of the molecule is COCCNc1cc(C(=O)Nc2cccc(Cl)c2C)nc(-c2ccccc2)n1. The molecule has 28 heavy (non-hydrogen) atoms. The lowest BCUT2D eigenvalue weighted by atomic mass is 10.2. The fourth-order valence-electron chi connectivity index (χ4n) is 2.58. The lowest BCUT2D eigenvalue weighted by Crippen LogP contribution is -2.17. The number of ether oxygens (including phenoxy) is 1. The molecule has 0 aliphatic carbocycles. The van der Waals surface area contributed by atoms with Crippen LogP contribution in [-0.4, -0.2) is 36.1 Å². The summed E-state index contributed by atoms with van der Waals surface area (Å²) in [6, 6.07) is 16.5. The Hall–Kier alpha value is -2.96. The van der Waals surface area contributed by atoms with Crippen molar-refractivity contribution in [1.29, 1.82) is 0 Å². The monoisotopic (exact) mass is 396 g/mol. The van der Waals surface area contributed by atoms with Gasteiger partial charge in [-0.2, -0.15) is 0 Å². The van der Waals surface area contributed by atoms with Crippen LogP contribution >= 0.6 is 11.6 Å². The number of hydrogen-bond acceptors (Lipinski definition) is 5. The van der Waals surface area contributed by atoms with Gasteiger partial charge in [-0.1, -0.05) is 48.0 Å². The predicted octanol–water partition coefficient (Wildman–Crippen LogP) is 4.42. The van der Waals surface area contributed by atoms with Crippen molar-refractivity contribution in [1.82, 2.24) is 9.97 Å². The van der Waals surface area contributed by atoms with E-state index in [2.05, 4.69) is 20.6 Å². The number of halogens is 1. The lowest BCUT2D eigenvalue weighted by molar-refractivity contribution is 0.102. The van der Waals surface area contributed by atoms with Gasteiger partial charge in [-0.05, 0) is 24.6 Å². The molecule has 1 heterocycles. The summed E-state index contributed by atoms with van der Waals surface area (Å²) in [6.07, 6.45) is 0. The molecule has 6 nitrogen and oxygen atoms in total. The number of amides is 1. The van der Waals surface area contributed by atoms with Crippen LogP contribution in [0.25, 0.3) is 11.4 Å². The maximum Gasteiger partial charge on any atom is 0.274 e. The number of hydrogen-bond donors (Lipinski definition) is 2. The average molecular weight is 397 g/mol. The molecule has 1 amide bonds. The summed E-state index contributed by atoms with van der Waals surface area (Å²) in [5, 5.41) is 6.62. The number of aromatic nitrogens is 2. The van der Waals surface area contributed by atoms with E-state index >= 15 is 0 Å². The number of methoxy groups -OCH3 is 1. The minimum atomic E-state index is -0.334. The van der Waals surface area contributed by atoms with Gasteiger partial charge < -0.3 is 15.4 Å². The van der Waals surface area contributed by atoms with Gasteiger partial charge in [0.2, 0.25) is 0 Å². The van der Waals surface area contributed by atoms with Gasteiger partial charge in [0, 0.05) is 36.0 Å². The van der Waals surface area contributed by atoms with Crippen LogP contribution in [0.4, 0.5) is 11.5 Å². The highest BCUT2D eigenvalue weighted by Crippen LogP contribution is 2.24. The first-order chi connectivity index (χ1) is 13.6. The summed E-state index contributed by atoms with van der Waals surface area (Å²) in [7, 11) is 1.63. The molecule has 1 aromatic heterocycles. The summed E-state index contributed by atoms with van der Waals surface area (Å²) in [5.74, 6) is 0.689. The van der Waals surface area contributed by atoms with E-state index in [9.17, 15) is 4.79 Å². The standard InChI is InChI=1S/C21H21ClN4O2/c1-14-16(22)9-6-10-17(14)25-21(27)18-13-19(23-11-12-28-2)26-20(24-18)15-7-4-3-5-8-15/h3-10,13H,11-12H2,1-2H3,(H,25,27)(H,23,24,26). The van der Waals surface area contributed by atoms with Gasteiger partial charge in [0.05, 0.1) is 6.61 Å². The molecule has 7 heteroatoms. The van der Waals surface area contributed by atoms with Crippen LogP contribution in [0.3, 0.4) is 0 Å². The quantitative estimate of drug-likeness (QED) is 0.578. The van der Waals surface area contributed by atoms with E-state index in [1.54, 1.807) is 31.4 Å². The van der Waals surface area contributed by atoms with E-state index in [4.69, 9.17) is 16.3 Å². The number of carbonyl (C=O) groups excluding carboxylic acids is 1. The Morgan fingerprint density at radius 1 is 1.11 bits per heavy atom. The molecule has 2 N–H and O–H groups in total. The third-order valence-corrected chi connectivity index (χ3v) is 4.53. The maximum absolute atomic E-state index is 12.8. The topological polar surface area (TPSA) is 76.1 Å². The van der Waals surface area contributed by atoms with Gasteiger partial charge in [-0.15, -0.1) is 0 Å². The zero-order chi connectivity index (χ0) is 19.9. The van der Waals surface area contributed by atoms with Crippen LogP contribution in [0.2, 0.25) is 5.02 Å². The maximum atomic E-state index is 12.8. The number of anilines is 2. The van der Waals surface area contributed by atoms with E-state index in [0.717, 1.165) is 11.1 Å². The Kier molecular flexibility index (Phi) is 6.57. The van der Waals surface area contributed by atoms with Gasteiger partial charge in [0.25, 0.3) is 5.91 Å². The summed E-state index contributed by atoms with van der Waals surface area (Å²) >= 11 is 6.15. The van der Waals surface area contributed by atoms with Crippen molar-refractivity contribution in [2.75, 3.05) is 30.9 Å². The van der Waals surface area contributed by atoms with E-state index in [1.807, 2.05) is 37.3 Å². The first-order valence-corrected chi connectivity index (χ1v) is 9.20. The summed E-state index contributed by atoms with van der Waals surface area (Å²) in [6.45, 7) is 2.94. The van der Waals surface area contributed by atoms with Crippen LogP contribution in [-0.2, 0) is 4.74 Å². The van der Waals surface area contributed by atoms with E-state index in [0.29, 0.717) is 35.5 Å².